The Balaban J connectivity index is 2.41. The van der Waals surface area contributed by atoms with Crippen molar-refractivity contribution in [3.8, 4) is 16.9 Å². The van der Waals surface area contributed by atoms with Gasteiger partial charge in [-0.15, -0.1) is 0 Å². The molecule has 0 aliphatic carbocycles. The van der Waals surface area contributed by atoms with E-state index in [0.717, 1.165) is 16.9 Å². The van der Waals surface area contributed by atoms with Crippen molar-refractivity contribution < 1.29 is 14.6 Å². The summed E-state index contributed by atoms with van der Waals surface area (Å²) in [6.45, 7) is 4.10. The molecule has 1 heterocycles. The molecule has 0 radical (unpaired) electrons. The summed E-state index contributed by atoms with van der Waals surface area (Å²) in [5.41, 5.74) is 2.98. The van der Waals surface area contributed by atoms with Crippen LogP contribution in [0.1, 0.15) is 25.3 Å². The summed E-state index contributed by atoms with van der Waals surface area (Å²) in [6, 6.07) is 6.03. The molecule has 0 aliphatic rings. The molecular weight excluding hydrogens is 256 g/mol. The van der Waals surface area contributed by atoms with E-state index in [1.54, 1.807) is 19.5 Å². The molecule has 20 heavy (non-hydrogen) atoms. The van der Waals surface area contributed by atoms with Gasteiger partial charge in [0.2, 0.25) is 0 Å². The van der Waals surface area contributed by atoms with Crippen molar-refractivity contribution in [2.45, 2.75) is 26.3 Å². The average molecular weight is 274 g/mol. The summed E-state index contributed by atoms with van der Waals surface area (Å²) >= 11 is 0. The molecule has 1 aromatic heterocycles. The van der Waals surface area contributed by atoms with Gasteiger partial charge >= 0.3 is 5.97 Å². The summed E-state index contributed by atoms with van der Waals surface area (Å²) in [5.74, 6) is 0.251. The van der Waals surface area contributed by atoms with Crippen LogP contribution in [0.2, 0.25) is 0 Å². The molecule has 0 aliphatic heterocycles. The molecule has 2 aromatic rings. The van der Waals surface area contributed by atoms with Crippen LogP contribution >= 0.6 is 0 Å². The van der Waals surface area contributed by atoms with Crippen LogP contribution in [0.25, 0.3) is 11.1 Å². The molecule has 0 saturated heterocycles. The zero-order chi connectivity index (χ0) is 14.7. The zero-order valence-electron chi connectivity index (χ0n) is 11.8. The topological polar surface area (TPSA) is 64.4 Å². The number of rotatable bonds is 5. The molecule has 106 valence electrons. The van der Waals surface area contributed by atoms with Crippen LogP contribution in [-0.4, -0.2) is 28.0 Å². The molecule has 0 bridgehead atoms. The van der Waals surface area contributed by atoms with Crippen LogP contribution in [0, 0.1) is 0 Å². The fourth-order valence-electron chi connectivity index (χ4n) is 2.04. The number of aromatic nitrogens is 2. The van der Waals surface area contributed by atoms with Crippen molar-refractivity contribution in [1.29, 1.82) is 0 Å². The van der Waals surface area contributed by atoms with Crippen molar-refractivity contribution in [3.05, 3.63) is 36.2 Å². The molecule has 5 heteroatoms. The maximum Gasteiger partial charge on any atom is 0.325 e. The highest BCUT2D eigenvalue weighted by Crippen LogP contribution is 2.32. The second kappa shape index (κ2) is 5.77. The molecule has 0 amide bonds. The van der Waals surface area contributed by atoms with E-state index >= 15 is 0 Å². The molecule has 1 N–H and O–H groups in total. The Bertz CT molecular complexity index is 617. The molecule has 5 nitrogen and oxygen atoms in total. The predicted octanol–water partition coefficient (Wildman–Crippen LogP) is 2.77. The third kappa shape index (κ3) is 2.99. The van der Waals surface area contributed by atoms with Gasteiger partial charge in [0, 0.05) is 17.3 Å². The number of ether oxygens (including phenoxy) is 1. The lowest BCUT2D eigenvalue weighted by atomic mass is 9.98. The number of carboxylic acid groups (broad SMARTS) is 1. The first kappa shape index (κ1) is 14.1. The monoisotopic (exact) mass is 274 g/mol. The number of carboxylic acids is 1. The minimum absolute atomic E-state index is 0.147. The standard InChI is InChI=1S/C15H18N2O3/c1-10(2)11-4-5-14(20-3)13(6-11)12-7-16-17(8-12)9-15(18)19/h4-8,10H,9H2,1-3H3,(H,18,19). The van der Waals surface area contributed by atoms with E-state index in [1.165, 1.54) is 10.2 Å². The van der Waals surface area contributed by atoms with Gasteiger partial charge in [-0.1, -0.05) is 19.9 Å². The van der Waals surface area contributed by atoms with E-state index < -0.39 is 5.97 Å². The molecule has 1 aromatic carbocycles. The molecule has 0 unspecified atom stereocenters. The molecule has 2 rings (SSSR count). The van der Waals surface area contributed by atoms with Crippen LogP contribution in [-0.2, 0) is 11.3 Å². The van der Waals surface area contributed by atoms with Crippen molar-refractivity contribution in [2.75, 3.05) is 7.11 Å². The van der Waals surface area contributed by atoms with Gasteiger partial charge in [-0.2, -0.15) is 5.10 Å². The first-order chi connectivity index (χ1) is 9.51. The van der Waals surface area contributed by atoms with Gasteiger partial charge in [0.05, 0.1) is 13.3 Å². The highest BCUT2D eigenvalue weighted by Gasteiger charge is 2.11. The van der Waals surface area contributed by atoms with Gasteiger partial charge in [0.1, 0.15) is 12.3 Å². The Morgan fingerprint density at radius 1 is 1.45 bits per heavy atom. The smallest absolute Gasteiger partial charge is 0.325 e. The quantitative estimate of drug-likeness (QED) is 0.910. The highest BCUT2D eigenvalue weighted by atomic mass is 16.5. The maximum atomic E-state index is 10.7. The molecule has 0 atom stereocenters. The van der Waals surface area contributed by atoms with Crippen molar-refractivity contribution >= 4 is 5.97 Å². The Morgan fingerprint density at radius 2 is 2.20 bits per heavy atom. The Morgan fingerprint density at radius 3 is 2.80 bits per heavy atom. The van der Waals surface area contributed by atoms with Crippen molar-refractivity contribution in [1.82, 2.24) is 9.78 Å². The second-order valence-electron chi connectivity index (χ2n) is 4.93. The van der Waals surface area contributed by atoms with Gasteiger partial charge in [0.25, 0.3) is 0 Å². The molecule has 0 spiro atoms. The van der Waals surface area contributed by atoms with E-state index in [1.807, 2.05) is 12.1 Å². The first-order valence-corrected chi connectivity index (χ1v) is 6.44. The summed E-state index contributed by atoms with van der Waals surface area (Å²) in [6.07, 6.45) is 3.38. The lowest BCUT2D eigenvalue weighted by Crippen LogP contribution is -2.08. The van der Waals surface area contributed by atoms with Crippen LogP contribution in [0.15, 0.2) is 30.6 Å². The Kier molecular flexibility index (Phi) is 4.08. The summed E-state index contributed by atoms with van der Waals surface area (Å²) in [5, 5.41) is 12.8. The van der Waals surface area contributed by atoms with E-state index in [-0.39, 0.29) is 6.54 Å². The fraction of sp³-hybridized carbons (Fsp3) is 0.333. The number of nitrogens with zero attached hydrogens (tertiary/aromatic N) is 2. The predicted molar refractivity (Wildman–Crippen MR) is 75.9 cm³/mol. The van der Waals surface area contributed by atoms with E-state index in [0.29, 0.717) is 5.92 Å². The van der Waals surface area contributed by atoms with Gasteiger partial charge in [-0.05, 0) is 23.6 Å². The highest BCUT2D eigenvalue weighted by molar-refractivity contribution is 5.71. The van der Waals surface area contributed by atoms with Crippen LogP contribution in [0.5, 0.6) is 5.75 Å². The van der Waals surface area contributed by atoms with Gasteiger partial charge < -0.3 is 9.84 Å². The average Bonchev–Trinajstić information content (AvgIpc) is 2.85. The van der Waals surface area contributed by atoms with E-state index in [4.69, 9.17) is 9.84 Å². The maximum absolute atomic E-state index is 10.7. The largest absolute Gasteiger partial charge is 0.496 e. The first-order valence-electron chi connectivity index (χ1n) is 6.44. The van der Waals surface area contributed by atoms with Crippen LogP contribution in [0.4, 0.5) is 0 Å². The summed E-state index contributed by atoms with van der Waals surface area (Å²) < 4.78 is 6.77. The number of benzene rings is 1. The van der Waals surface area contributed by atoms with Gasteiger partial charge in [-0.25, -0.2) is 0 Å². The number of carbonyl (C=O) groups is 1. The normalized spacial score (nSPS) is 10.8. The Labute approximate surface area is 117 Å². The minimum Gasteiger partial charge on any atom is -0.496 e. The molecular formula is C15H18N2O3. The molecule has 0 fully saturated rings. The third-order valence-corrected chi connectivity index (χ3v) is 3.13. The van der Waals surface area contributed by atoms with Gasteiger partial charge in [-0.3, -0.25) is 9.48 Å². The van der Waals surface area contributed by atoms with Crippen LogP contribution < -0.4 is 4.74 Å². The van der Waals surface area contributed by atoms with Crippen molar-refractivity contribution in [3.63, 3.8) is 0 Å². The van der Waals surface area contributed by atoms with E-state index in [9.17, 15) is 4.79 Å². The molecule has 0 saturated carbocycles. The zero-order valence-corrected chi connectivity index (χ0v) is 11.8. The summed E-state index contributed by atoms with van der Waals surface area (Å²) in [4.78, 5) is 10.7. The SMILES string of the molecule is COc1ccc(C(C)C)cc1-c1cnn(CC(=O)O)c1. The minimum atomic E-state index is -0.914. The van der Waals surface area contributed by atoms with Crippen LogP contribution in [0.3, 0.4) is 0 Å². The fourth-order valence-corrected chi connectivity index (χ4v) is 2.04. The number of hydrogen-bond acceptors (Lipinski definition) is 3. The lowest BCUT2D eigenvalue weighted by Gasteiger charge is -2.11. The summed E-state index contributed by atoms with van der Waals surface area (Å²) in [7, 11) is 1.62. The second-order valence-corrected chi connectivity index (χ2v) is 4.93. The number of aliphatic carboxylic acids is 1. The van der Waals surface area contributed by atoms with Gasteiger partial charge in [0.15, 0.2) is 0 Å². The Hall–Kier alpha value is -2.30. The third-order valence-electron chi connectivity index (χ3n) is 3.13. The number of methoxy groups -OCH3 is 1. The van der Waals surface area contributed by atoms with E-state index in [2.05, 4.69) is 25.0 Å². The number of hydrogen-bond donors (Lipinski definition) is 1. The van der Waals surface area contributed by atoms with Crippen molar-refractivity contribution in [2.24, 2.45) is 0 Å². The lowest BCUT2D eigenvalue weighted by molar-refractivity contribution is -0.137.